The number of hydrogen-bond donors (Lipinski definition) is 2. The highest BCUT2D eigenvalue weighted by molar-refractivity contribution is 7.89. The number of hydrogen-bond acceptors (Lipinski definition) is 5. The van der Waals surface area contributed by atoms with Crippen LogP contribution in [0.1, 0.15) is 25.3 Å². The van der Waals surface area contributed by atoms with Crippen molar-refractivity contribution in [3.8, 4) is 0 Å². The molecule has 1 saturated heterocycles. The second-order valence-electron chi connectivity index (χ2n) is 6.92. The fraction of sp³-hybridized carbons (Fsp3) is 0.500. The van der Waals surface area contributed by atoms with E-state index in [1.54, 1.807) is 17.0 Å². The molecule has 1 fully saturated rings. The Morgan fingerprint density at radius 3 is 2.43 bits per heavy atom. The molecule has 0 radical (unpaired) electrons. The molecule has 1 aromatic carbocycles. The van der Waals surface area contributed by atoms with Gasteiger partial charge in [0.1, 0.15) is 0 Å². The molecular weight excluding hydrogens is 384 g/mol. The van der Waals surface area contributed by atoms with Gasteiger partial charge in [-0.3, -0.25) is 25.2 Å². The number of amides is 3. The SMILES string of the molecule is CC(=O)N1CCC[C@@H](C(=O)NNC(=O)CN(C)S(=O)(=O)c2ccc(C)cc2)C1. The lowest BCUT2D eigenvalue weighted by molar-refractivity contribution is -0.136. The van der Waals surface area contributed by atoms with E-state index in [4.69, 9.17) is 0 Å². The topological polar surface area (TPSA) is 116 Å². The zero-order valence-corrected chi connectivity index (χ0v) is 17.1. The zero-order valence-electron chi connectivity index (χ0n) is 16.3. The van der Waals surface area contributed by atoms with Gasteiger partial charge in [0.15, 0.2) is 0 Å². The number of nitrogens with zero attached hydrogens (tertiary/aromatic N) is 2. The molecule has 28 heavy (non-hydrogen) atoms. The van der Waals surface area contributed by atoms with Crippen LogP contribution in [0.3, 0.4) is 0 Å². The smallest absolute Gasteiger partial charge is 0.253 e. The molecule has 1 heterocycles. The average Bonchev–Trinajstić information content (AvgIpc) is 2.66. The first kappa shape index (κ1) is 21.8. The lowest BCUT2D eigenvalue weighted by Gasteiger charge is -2.31. The number of carbonyl (C=O) groups excluding carboxylic acids is 3. The minimum Gasteiger partial charge on any atom is -0.342 e. The first-order valence-electron chi connectivity index (χ1n) is 8.98. The Bertz CT molecular complexity index is 838. The second kappa shape index (κ2) is 9.16. The van der Waals surface area contributed by atoms with Crippen LogP contribution in [0.25, 0.3) is 0 Å². The van der Waals surface area contributed by atoms with Crippen molar-refractivity contribution in [3.05, 3.63) is 29.8 Å². The minimum atomic E-state index is -3.81. The fourth-order valence-electron chi connectivity index (χ4n) is 2.93. The Morgan fingerprint density at radius 2 is 1.82 bits per heavy atom. The van der Waals surface area contributed by atoms with Crippen molar-refractivity contribution in [2.24, 2.45) is 5.92 Å². The van der Waals surface area contributed by atoms with Gasteiger partial charge in [0.05, 0.1) is 17.4 Å². The first-order chi connectivity index (χ1) is 13.1. The number of likely N-dealkylation sites (N-methyl/N-ethyl adjacent to an activating group) is 1. The highest BCUT2D eigenvalue weighted by atomic mass is 32.2. The molecule has 9 nitrogen and oxygen atoms in total. The van der Waals surface area contributed by atoms with Crippen molar-refractivity contribution in [1.82, 2.24) is 20.1 Å². The van der Waals surface area contributed by atoms with E-state index in [-0.39, 0.29) is 10.8 Å². The average molecular weight is 410 g/mol. The summed E-state index contributed by atoms with van der Waals surface area (Å²) in [4.78, 5) is 37.4. The number of likely N-dealkylation sites (tertiary alicyclic amines) is 1. The molecule has 10 heteroatoms. The van der Waals surface area contributed by atoms with Crippen molar-refractivity contribution in [2.75, 3.05) is 26.7 Å². The van der Waals surface area contributed by atoms with E-state index in [0.29, 0.717) is 25.9 Å². The Morgan fingerprint density at radius 1 is 1.18 bits per heavy atom. The van der Waals surface area contributed by atoms with Crippen molar-refractivity contribution in [2.45, 2.75) is 31.6 Å². The quantitative estimate of drug-likeness (QED) is 0.664. The van der Waals surface area contributed by atoms with E-state index in [2.05, 4.69) is 10.9 Å². The summed E-state index contributed by atoms with van der Waals surface area (Å²) < 4.78 is 25.9. The van der Waals surface area contributed by atoms with Gasteiger partial charge in [0.2, 0.25) is 21.8 Å². The zero-order chi connectivity index (χ0) is 20.9. The molecule has 3 amide bonds. The Balaban J connectivity index is 1.87. The molecule has 2 N–H and O–H groups in total. The Hall–Kier alpha value is -2.46. The van der Waals surface area contributed by atoms with Gasteiger partial charge in [0, 0.05) is 27.1 Å². The van der Waals surface area contributed by atoms with E-state index in [1.165, 1.54) is 26.1 Å². The standard InChI is InChI=1S/C18H26N4O5S/c1-13-6-8-16(9-7-13)28(26,27)21(3)12-17(24)19-20-18(25)15-5-4-10-22(11-15)14(2)23/h6-9,15H,4-5,10-12H2,1-3H3,(H,19,24)(H,20,25)/t15-/m1/s1. The summed E-state index contributed by atoms with van der Waals surface area (Å²) in [5.41, 5.74) is 5.48. The molecular formula is C18H26N4O5S. The maximum Gasteiger partial charge on any atom is 0.253 e. The number of piperidine rings is 1. The van der Waals surface area contributed by atoms with Crippen LogP contribution in [0.2, 0.25) is 0 Å². The van der Waals surface area contributed by atoms with E-state index in [9.17, 15) is 22.8 Å². The highest BCUT2D eigenvalue weighted by Gasteiger charge is 2.28. The Kier molecular flexibility index (Phi) is 7.14. The molecule has 1 aliphatic heterocycles. The largest absolute Gasteiger partial charge is 0.342 e. The molecule has 0 aromatic heterocycles. The van der Waals surface area contributed by atoms with Gasteiger partial charge in [-0.15, -0.1) is 0 Å². The molecule has 1 aliphatic rings. The van der Waals surface area contributed by atoms with E-state index >= 15 is 0 Å². The maximum atomic E-state index is 12.5. The molecule has 1 aromatic rings. The third-order valence-corrected chi connectivity index (χ3v) is 6.48. The summed E-state index contributed by atoms with van der Waals surface area (Å²) in [7, 11) is -2.52. The van der Waals surface area contributed by atoms with Crippen molar-refractivity contribution in [1.29, 1.82) is 0 Å². The molecule has 154 valence electrons. The summed E-state index contributed by atoms with van der Waals surface area (Å²) in [5.74, 6) is -1.56. The highest BCUT2D eigenvalue weighted by Crippen LogP contribution is 2.17. The van der Waals surface area contributed by atoms with Gasteiger partial charge in [-0.2, -0.15) is 4.31 Å². The molecule has 0 spiro atoms. The molecule has 0 unspecified atom stereocenters. The molecule has 2 rings (SSSR count). The normalized spacial score (nSPS) is 17.3. The predicted molar refractivity (Wildman–Crippen MR) is 102 cm³/mol. The summed E-state index contributed by atoms with van der Waals surface area (Å²) in [6, 6.07) is 6.31. The van der Waals surface area contributed by atoms with E-state index in [0.717, 1.165) is 9.87 Å². The third kappa shape index (κ3) is 5.52. The maximum absolute atomic E-state index is 12.5. The van der Waals surface area contributed by atoms with Crippen LogP contribution in [0.15, 0.2) is 29.2 Å². The fourth-order valence-corrected chi connectivity index (χ4v) is 4.05. The third-order valence-electron chi connectivity index (χ3n) is 4.66. The van der Waals surface area contributed by atoms with E-state index in [1.807, 2.05) is 6.92 Å². The van der Waals surface area contributed by atoms with Gasteiger partial charge < -0.3 is 4.90 Å². The van der Waals surface area contributed by atoms with Crippen molar-refractivity contribution >= 4 is 27.7 Å². The summed E-state index contributed by atoms with van der Waals surface area (Å²) in [6.45, 7) is 3.77. The number of aryl methyl sites for hydroxylation is 1. The number of nitrogens with one attached hydrogen (secondary N) is 2. The lowest BCUT2D eigenvalue weighted by Crippen LogP contribution is -2.51. The Labute approximate surface area is 165 Å². The van der Waals surface area contributed by atoms with Gasteiger partial charge in [-0.05, 0) is 31.9 Å². The summed E-state index contributed by atoms with van der Waals surface area (Å²) in [5, 5.41) is 0. The number of sulfonamides is 1. The van der Waals surface area contributed by atoms with Crippen LogP contribution in [0, 0.1) is 12.8 Å². The van der Waals surface area contributed by atoms with Crippen LogP contribution >= 0.6 is 0 Å². The number of hydrazine groups is 1. The van der Waals surface area contributed by atoms with Gasteiger partial charge >= 0.3 is 0 Å². The van der Waals surface area contributed by atoms with Crippen LogP contribution in [-0.2, 0) is 24.4 Å². The van der Waals surface area contributed by atoms with Crippen LogP contribution in [0.4, 0.5) is 0 Å². The predicted octanol–water partition coefficient (Wildman–Crippen LogP) is 0.0214. The molecule has 0 bridgehead atoms. The van der Waals surface area contributed by atoms with E-state index < -0.39 is 34.3 Å². The first-order valence-corrected chi connectivity index (χ1v) is 10.4. The number of rotatable bonds is 5. The van der Waals surface area contributed by atoms with Crippen LogP contribution < -0.4 is 10.9 Å². The van der Waals surface area contributed by atoms with Gasteiger partial charge in [0.25, 0.3) is 5.91 Å². The molecule has 0 saturated carbocycles. The van der Waals surface area contributed by atoms with Crippen molar-refractivity contribution in [3.63, 3.8) is 0 Å². The lowest BCUT2D eigenvalue weighted by atomic mass is 9.97. The minimum absolute atomic E-state index is 0.0870. The molecule has 0 aliphatic carbocycles. The van der Waals surface area contributed by atoms with Gasteiger partial charge in [-0.1, -0.05) is 17.7 Å². The van der Waals surface area contributed by atoms with Crippen LogP contribution in [-0.4, -0.2) is 62.0 Å². The summed E-state index contributed by atoms with van der Waals surface area (Å²) in [6.07, 6.45) is 1.33. The number of benzene rings is 1. The van der Waals surface area contributed by atoms with Crippen molar-refractivity contribution < 1.29 is 22.8 Å². The van der Waals surface area contributed by atoms with Crippen LogP contribution in [0.5, 0.6) is 0 Å². The number of carbonyl (C=O) groups is 3. The summed E-state index contributed by atoms with van der Waals surface area (Å²) >= 11 is 0. The monoisotopic (exact) mass is 410 g/mol. The second-order valence-corrected chi connectivity index (χ2v) is 8.96. The molecule has 1 atom stereocenters. The van der Waals surface area contributed by atoms with Gasteiger partial charge in [-0.25, -0.2) is 8.42 Å².